The van der Waals surface area contributed by atoms with E-state index in [0.29, 0.717) is 0 Å². The van der Waals surface area contributed by atoms with Gasteiger partial charge >= 0.3 is 0 Å². The zero-order valence-electron chi connectivity index (χ0n) is 23.5. The van der Waals surface area contributed by atoms with E-state index in [2.05, 4.69) is 113 Å². The third kappa shape index (κ3) is 3.69. The number of rotatable bonds is 4. The van der Waals surface area contributed by atoms with Gasteiger partial charge in [0.1, 0.15) is 11.4 Å². The maximum Gasteiger partial charge on any atom is 0.105 e. The lowest BCUT2D eigenvalue weighted by Gasteiger charge is -2.18. The van der Waals surface area contributed by atoms with Crippen molar-refractivity contribution in [2.75, 3.05) is 0 Å². The summed E-state index contributed by atoms with van der Waals surface area (Å²) >= 11 is 0. The van der Waals surface area contributed by atoms with Crippen LogP contribution in [0, 0.1) is 10.4 Å². The lowest BCUT2D eigenvalue weighted by molar-refractivity contribution is 0.879. The monoisotopic (exact) mass is 561 g/mol. The molecule has 2 aliphatic heterocycles. The van der Waals surface area contributed by atoms with Gasteiger partial charge < -0.3 is 0 Å². The smallest absolute Gasteiger partial charge is 0.105 e. The summed E-state index contributed by atoms with van der Waals surface area (Å²) < 4.78 is 0. The van der Waals surface area contributed by atoms with Crippen molar-refractivity contribution in [3.8, 4) is 55.9 Å². The molecule has 6 aromatic carbocycles. The van der Waals surface area contributed by atoms with Crippen molar-refractivity contribution < 1.29 is 0 Å². The average molecular weight is 562 g/mol. The first-order chi connectivity index (χ1) is 21.8. The van der Waals surface area contributed by atoms with Gasteiger partial charge in [0.25, 0.3) is 0 Å². The zero-order valence-corrected chi connectivity index (χ0v) is 23.5. The topological polar surface area (TPSA) is 63.4 Å². The molecule has 9 rings (SSSR count). The molecule has 3 heterocycles. The van der Waals surface area contributed by atoms with E-state index in [4.69, 9.17) is 15.1 Å². The Kier molecular flexibility index (Phi) is 5.43. The van der Waals surface area contributed by atoms with Crippen molar-refractivity contribution in [1.82, 2.24) is 15.4 Å². The number of fused-ring (bicyclic) bond motifs is 6. The molecule has 0 aliphatic carbocycles. The number of aromatic nitrogens is 3. The van der Waals surface area contributed by atoms with Crippen molar-refractivity contribution in [3.05, 3.63) is 161 Å². The maximum absolute atomic E-state index is 5.11. The van der Waals surface area contributed by atoms with Crippen LogP contribution in [0.25, 0.3) is 55.9 Å². The third-order valence-electron chi connectivity index (χ3n) is 8.46. The van der Waals surface area contributed by atoms with E-state index in [9.17, 15) is 0 Å². The standard InChI is InChI=1S/C39H23N5/c1-3-12-24(13-4-1)26-16-7-8-18-28(26)35-37(25-14-5-2-6-15-25)42-44-43-39(35)30-19-11-21-32-34(30)36-33(40-32)23-22-29-27-17-9-10-20-31(27)41-38(29)36/h1-23H. The fraction of sp³-hybridized carbons (Fsp3) is 0. The van der Waals surface area contributed by atoms with Crippen LogP contribution in [-0.4, -0.2) is 15.4 Å². The Bertz CT molecular complexity index is 2490. The van der Waals surface area contributed by atoms with E-state index in [1.54, 1.807) is 0 Å². The SMILES string of the molecule is c1ccc(-c2ccccc2-c2c(-c3ccccc3)nnnc2-c2cccc3c2-c2c4c(ccc2=N3)=c2ccccc2=N4)cc1. The van der Waals surface area contributed by atoms with Crippen LogP contribution in [0.3, 0.4) is 0 Å². The number of hydrogen-bond donors (Lipinski definition) is 0. The second-order valence-electron chi connectivity index (χ2n) is 10.9. The Balaban J connectivity index is 1.37. The van der Waals surface area contributed by atoms with Crippen LogP contribution in [0.5, 0.6) is 0 Å². The van der Waals surface area contributed by atoms with E-state index in [1.807, 2.05) is 36.4 Å². The van der Waals surface area contributed by atoms with Crippen LogP contribution in [0.2, 0.25) is 0 Å². The molecule has 5 nitrogen and oxygen atoms in total. The molecular weight excluding hydrogens is 538 g/mol. The predicted molar refractivity (Wildman–Crippen MR) is 173 cm³/mol. The molecule has 44 heavy (non-hydrogen) atoms. The highest BCUT2D eigenvalue weighted by molar-refractivity contribution is 6.03. The van der Waals surface area contributed by atoms with Crippen LogP contribution in [-0.2, 0) is 0 Å². The summed E-state index contributed by atoms with van der Waals surface area (Å²) in [5.74, 6) is 0. The summed E-state index contributed by atoms with van der Waals surface area (Å²) in [4.78, 5) is 10.2. The number of benzene rings is 6. The fourth-order valence-electron chi connectivity index (χ4n) is 6.53. The summed E-state index contributed by atoms with van der Waals surface area (Å²) in [6, 6.07) is 47.9. The largest absolute Gasteiger partial charge is 0.248 e. The third-order valence-corrected chi connectivity index (χ3v) is 8.46. The number of hydrogen-bond acceptors (Lipinski definition) is 5. The highest BCUT2D eigenvalue weighted by atomic mass is 15.3. The van der Waals surface area contributed by atoms with Gasteiger partial charge in [-0.15, -0.1) is 10.2 Å². The first kappa shape index (κ1) is 24.5. The van der Waals surface area contributed by atoms with E-state index in [0.717, 1.165) is 88.4 Å². The predicted octanol–water partition coefficient (Wildman–Crippen LogP) is 8.02. The van der Waals surface area contributed by atoms with Gasteiger partial charge in [0.15, 0.2) is 0 Å². The minimum atomic E-state index is 0.759. The van der Waals surface area contributed by atoms with Gasteiger partial charge in [-0.3, -0.25) is 0 Å². The van der Waals surface area contributed by atoms with Crippen molar-refractivity contribution in [3.63, 3.8) is 0 Å². The Hall–Kier alpha value is -6.07. The molecule has 5 heteroatoms. The molecule has 0 bridgehead atoms. The molecule has 0 fully saturated rings. The van der Waals surface area contributed by atoms with E-state index in [1.165, 1.54) is 0 Å². The summed E-state index contributed by atoms with van der Waals surface area (Å²) in [6.45, 7) is 0. The Morgan fingerprint density at radius 2 is 1.05 bits per heavy atom. The molecule has 0 radical (unpaired) electrons. The van der Waals surface area contributed by atoms with Gasteiger partial charge in [0, 0.05) is 38.3 Å². The lowest BCUT2D eigenvalue weighted by Crippen LogP contribution is -2.04. The van der Waals surface area contributed by atoms with Gasteiger partial charge in [0.2, 0.25) is 0 Å². The van der Waals surface area contributed by atoms with Crippen molar-refractivity contribution in [2.24, 2.45) is 9.98 Å². The first-order valence-electron chi connectivity index (χ1n) is 14.6. The molecule has 0 atom stereocenters. The Labute approximate surface area is 252 Å². The van der Waals surface area contributed by atoms with Gasteiger partial charge in [0.05, 0.1) is 22.1 Å². The Morgan fingerprint density at radius 1 is 0.364 bits per heavy atom. The first-order valence-corrected chi connectivity index (χ1v) is 14.6. The van der Waals surface area contributed by atoms with Crippen LogP contribution in [0.1, 0.15) is 0 Å². The highest BCUT2D eigenvalue weighted by Gasteiger charge is 2.28. The van der Waals surface area contributed by atoms with Gasteiger partial charge in [-0.1, -0.05) is 115 Å². The second-order valence-corrected chi connectivity index (χ2v) is 10.9. The maximum atomic E-state index is 5.11. The van der Waals surface area contributed by atoms with E-state index in [-0.39, 0.29) is 0 Å². The molecule has 2 aliphatic rings. The molecule has 0 saturated heterocycles. The van der Waals surface area contributed by atoms with Crippen molar-refractivity contribution in [1.29, 1.82) is 0 Å². The normalized spacial score (nSPS) is 12.0. The fourth-order valence-corrected chi connectivity index (χ4v) is 6.53. The van der Waals surface area contributed by atoms with Crippen LogP contribution in [0.4, 0.5) is 11.4 Å². The highest BCUT2D eigenvalue weighted by Crippen LogP contribution is 2.48. The number of para-hydroxylation sites is 1. The van der Waals surface area contributed by atoms with Crippen LogP contribution < -0.4 is 10.7 Å². The van der Waals surface area contributed by atoms with E-state index < -0.39 is 0 Å². The molecular formula is C39H23N5. The second kappa shape index (κ2) is 9.75. The molecule has 0 amide bonds. The molecule has 204 valence electrons. The molecule has 0 N–H and O–H groups in total. The summed E-state index contributed by atoms with van der Waals surface area (Å²) in [5.41, 5.74) is 11.6. The van der Waals surface area contributed by atoms with Gasteiger partial charge in [-0.05, 0) is 46.2 Å². The molecule has 0 unspecified atom stereocenters. The van der Waals surface area contributed by atoms with Gasteiger partial charge in [-0.25, -0.2) is 9.98 Å². The van der Waals surface area contributed by atoms with Crippen LogP contribution >= 0.6 is 0 Å². The lowest BCUT2D eigenvalue weighted by atomic mass is 9.87. The van der Waals surface area contributed by atoms with E-state index >= 15 is 0 Å². The zero-order chi connectivity index (χ0) is 29.0. The van der Waals surface area contributed by atoms with Crippen molar-refractivity contribution in [2.45, 2.75) is 0 Å². The minimum Gasteiger partial charge on any atom is -0.248 e. The molecule has 0 spiro atoms. The minimum absolute atomic E-state index is 0.759. The average Bonchev–Trinajstić information content (AvgIpc) is 3.67. The molecule has 1 aromatic heterocycles. The quantitative estimate of drug-likeness (QED) is 0.219. The number of nitrogens with zero attached hydrogens (tertiary/aromatic N) is 5. The summed E-state index contributed by atoms with van der Waals surface area (Å²) in [6.07, 6.45) is 0. The summed E-state index contributed by atoms with van der Waals surface area (Å²) in [7, 11) is 0. The van der Waals surface area contributed by atoms with Crippen LogP contribution in [0.15, 0.2) is 150 Å². The Morgan fingerprint density at radius 3 is 1.89 bits per heavy atom. The molecule has 0 saturated carbocycles. The summed E-state index contributed by atoms with van der Waals surface area (Å²) in [5, 5.41) is 18.0. The van der Waals surface area contributed by atoms with Gasteiger partial charge in [-0.2, -0.15) is 0 Å². The molecule has 7 aromatic rings. The van der Waals surface area contributed by atoms with Crippen molar-refractivity contribution >= 4 is 11.4 Å².